The van der Waals surface area contributed by atoms with Gasteiger partial charge in [-0.2, -0.15) is 0 Å². The molecule has 0 atom stereocenters. The largest absolute Gasteiger partial charge is 0.469 e. The number of rotatable bonds is 3. The van der Waals surface area contributed by atoms with Gasteiger partial charge in [0.25, 0.3) is 0 Å². The number of hydrogen-bond acceptors (Lipinski definition) is 3. The summed E-state index contributed by atoms with van der Waals surface area (Å²) in [7, 11) is 1.38. The summed E-state index contributed by atoms with van der Waals surface area (Å²) in [5.41, 5.74) is 0.923. The summed E-state index contributed by atoms with van der Waals surface area (Å²) in [6.45, 7) is 0. The molecule has 5 heteroatoms. The van der Waals surface area contributed by atoms with E-state index in [0.29, 0.717) is 17.6 Å². The zero-order chi connectivity index (χ0) is 8.97. The lowest BCUT2D eigenvalue weighted by Gasteiger charge is -1.95. The second-order valence-electron chi connectivity index (χ2n) is 2.28. The van der Waals surface area contributed by atoms with Crippen LogP contribution in [0.1, 0.15) is 12.1 Å². The van der Waals surface area contributed by atoms with E-state index in [9.17, 15) is 4.79 Å². The van der Waals surface area contributed by atoms with Gasteiger partial charge >= 0.3 is 5.97 Å². The molecule has 66 valence electrons. The maximum atomic E-state index is 10.7. The van der Waals surface area contributed by atoms with Crippen LogP contribution in [0.4, 0.5) is 0 Å². The summed E-state index contributed by atoms with van der Waals surface area (Å²) in [5.74, 6) is -0.208. The third-order valence-corrected chi connectivity index (χ3v) is 1.83. The number of nitrogens with zero attached hydrogens (tertiary/aromatic N) is 1. The van der Waals surface area contributed by atoms with Gasteiger partial charge in [0.15, 0.2) is 4.73 Å². The smallest absolute Gasteiger partial charge is 0.305 e. The number of halogens is 1. The third-order valence-electron chi connectivity index (χ3n) is 1.42. The number of esters is 1. The number of imidazole rings is 1. The van der Waals surface area contributed by atoms with Crippen LogP contribution in [0.5, 0.6) is 0 Å². The summed E-state index contributed by atoms with van der Waals surface area (Å²) < 4.78 is 5.18. The lowest BCUT2D eigenvalue weighted by molar-refractivity contribution is -0.140. The first-order chi connectivity index (χ1) is 5.72. The summed E-state index contributed by atoms with van der Waals surface area (Å²) in [6, 6.07) is 0. The zero-order valence-corrected chi connectivity index (χ0v) is 8.22. The van der Waals surface area contributed by atoms with Gasteiger partial charge < -0.3 is 9.72 Å². The highest BCUT2D eigenvalue weighted by Crippen LogP contribution is 2.05. The van der Waals surface area contributed by atoms with E-state index in [0.717, 1.165) is 5.69 Å². The van der Waals surface area contributed by atoms with Crippen molar-refractivity contribution in [2.45, 2.75) is 12.8 Å². The SMILES string of the molecule is COC(=O)CCc1cnc(Br)[nH]1. The fourth-order valence-corrected chi connectivity index (χ4v) is 1.15. The van der Waals surface area contributed by atoms with Crippen LogP contribution in [0, 0.1) is 0 Å². The molecule has 0 radical (unpaired) electrons. The molecule has 0 spiro atoms. The number of carbonyl (C=O) groups is 1. The van der Waals surface area contributed by atoms with Crippen molar-refractivity contribution < 1.29 is 9.53 Å². The monoisotopic (exact) mass is 232 g/mol. The van der Waals surface area contributed by atoms with Gasteiger partial charge in [0, 0.05) is 11.9 Å². The lowest BCUT2D eigenvalue weighted by Crippen LogP contribution is -2.01. The normalized spacial score (nSPS) is 9.83. The quantitative estimate of drug-likeness (QED) is 0.800. The average Bonchev–Trinajstić information content (AvgIpc) is 2.47. The second-order valence-corrected chi connectivity index (χ2v) is 3.03. The Hall–Kier alpha value is -0.840. The minimum absolute atomic E-state index is 0.208. The van der Waals surface area contributed by atoms with Crippen molar-refractivity contribution >= 4 is 21.9 Å². The molecule has 0 unspecified atom stereocenters. The van der Waals surface area contributed by atoms with Crippen molar-refractivity contribution in [3.63, 3.8) is 0 Å². The molecule has 0 aliphatic rings. The zero-order valence-electron chi connectivity index (χ0n) is 6.63. The van der Waals surface area contributed by atoms with Crippen molar-refractivity contribution in [2.75, 3.05) is 7.11 Å². The standard InChI is InChI=1S/C7H9BrN2O2/c1-12-6(11)3-2-5-4-9-7(8)10-5/h4H,2-3H2,1H3,(H,9,10). The lowest BCUT2D eigenvalue weighted by atomic mass is 10.2. The molecule has 0 fully saturated rings. The van der Waals surface area contributed by atoms with Crippen molar-refractivity contribution in [3.8, 4) is 0 Å². The molecule has 1 rings (SSSR count). The molecule has 0 aliphatic carbocycles. The van der Waals surface area contributed by atoms with Crippen LogP contribution in [-0.2, 0) is 16.0 Å². The van der Waals surface area contributed by atoms with Gasteiger partial charge in [-0.15, -0.1) is 0 Å². The maximum Gasteiger partial charge on any atom is 0.305 e. The van der Waals surface area contributed by atoms with E-state index in [4.69, 9.17) is 0 Å². The Bertz CT molecular complexity index is 272. The molecule has 0 saturated heterocycles. The molecular weight excluding hydrogens is 224 g/mol. The van der Waals surface area contributed by atoms with Crippen LogP contribution in [-0.4, -0.2) is 23.0 Å². The highest BCUT2D eigenvalue weighted by molar-refractivity contribution is 9.10. The molecule has 1 heterocycles. The fraction of sp³-hybridized carbons (Fsp3) is 0.429. The van der Waals surface area contributed by atoms with E-state index in [1.165, 1.54) is 7.11 Å². The highest BCUT2D eigenvalue weighted by atomic mass is 79.9. The van der Waals surface area contributed by atoms with Crippen LogP contribution in [0.3, 0.4) is 0 Å². The van der Waals surface area contributed by atoms with Gasteiger partial charge in [-0.3, -0.25) is 4.79 Å². The molecule has 4 nitrogen and oxygen atoms in total. The Balaban J connectivity index is 2.38. The van der Waals surface area contributed by atoms with Crippen molar-refractivity contribution in [3.05, 3.63) is 16.6 Å². The first-order valence-corrected chi connectivity index (χ1v) is 4.28. The maximum absolute atomic E-state index is 10.7. The van der Waals surface area contributed by atoms with E-state index in [2.05, 4.69) is 30.6 Å². The topological polar surface area (TPSA) is 55.0 Å². The molecule has 1 aromatic heterocycles. The highest BCUT2D eigenvalue weighted by Gasteiger charge is 2.02. The molecule has 1 N–H and O–H groups in total. The van der Waals surface area contributed by atoms with E-state index in [1.54, 1.807) is 6.20 Å². The molecular formula is C7H9BrN2O2. The predicted molar refractivity (Wildman–Crippen MR) is 46.6 cm³/mol. The van der Waals surface area contributed by atoms with Gasteiger partial charge in [-0.1, -0.05) is 0 Å². The minimum Gasteiger partial charge on any atom is -0.469 e. The Morgan fingerprint density at radius 1 is 1.83 bits per heavy atom. The van der Waals surface area contributed by atoms with Crippen molar-refractivity contribution in [1.29, 1.82) is 0 Å². The van der Waals surface area contributed by atoms with Crippen LogP contribution < -0.4 is 0 Å². The molecule has 0 bridgehead atoms. The van der Waals surface area contributed by atoms with Gasteiger partial charge in [0.1, 0.15) is 0 Å². The van der Waals surface area contributed by atoms with E-state index >= 15 is 0 Å². The van der Waals surface area contributed by atoms with Crippen LogP contribution in [0.2, 0.25) is 0 Å². The summed E-state index contributed by atoms with van der Waals surface area (Å²) >= 11 is 3.17. The number of H-pyrrole nitrogens is 1. The number of aryl methyl sites for hydroxylation is 1. The number of aromatic amines is 1. The fourth-order valence-electron chi connectivity index (χ4n) is 0.797. The van der Waals surface area contributed by atoms with E-state index < -0.39 is 0 Å². The molecule has 12 heavy (non-hydrogen) atoms. The number of carbonyl (C=O) groups excluding carboxylic acids is 1. The first-order valence-electron chi connectivity index (χ1n) is 3.48. The third kappa shape index (κ3) is 2.65. The molecule has 0 aromatic carbocycles. The predicted octanol–water partition coefficient (Wildman–Crippen LogP) is 1.28. The van der Waals surface area contributed by atoms with Crippen molar-refractivity contribution in [1.82, 2.24) is 9.97 Å². The Morgan fingerprint density at radius 2 is 2.58 bits per heavy atom. The molecule has 0 saturated carbocycles. The summed E-state index contributed by atoms with van der Waals surface area (Å²) in [6.07, 6.45) is 2.70. The number of nitrogens with one attached hydrogen (secondary N) is 1. The number of ether oxygens (including phenoxy) is 1. The van der Waals surface area contributed by atoms with E-state index in [-0.39, 0.29) is 5.97 Å². The Labute approximate surface area is 78.5 Å². The number of aromatic nitrogens is 2. The minimum atomic E-state index is -0.208. The Morgan fingerprint density at radius 3 is 3.08 bits per heavy atom. The first kappa shape index (κ1) is 9.25. The van der Waals surface area contributed by atoms with Crippen LogP contribution in [0.25, 0.3) is 0 Å². The van der Waals surface area contributed by atoms with Gasteiger partial charge in [0.2, 0.25) is 0 Å². The van der Waals surface area contributed by atoms with Gasteiger partial charge in [-0.05, 0) is 22.4 Å². The van der Waals surface area contributed by atoms with Crippen molar-refractivity contribution in [2.24, 2.45) is 0 Å². The van der Waals surface area contributed by atoms with Crippen LogP contribution in [0.15, 0.2) is 10.9 Å². The number of methoxy groups -OCH3 is 1. The van der Waals surface area contributed by atoms with E-state index in [1.807, 2.05) is 0 Å². The average molecular weight is 233 g/mol. The van der Waals surface area contributed by atoms with Gasteiger partial charge in [0.05, 0.1) is 13.5 Å². The Kier molecular flexibility index (Phi) is 3.28. The van der Waals surface area contributed by atoms with Crippen LogP contribution >= 0.6 is 15.9 Å². The second kappa shape index (κ2) is 4.25. The molecule has 0 aliphatic heterocycles. The molecule has 1 aromatic rings. The summed E-state index contributed by atoms with van der Waals surface area (Å²) in [5, 5.41) is 0. The van der Waals surface area contributed by atoms with Gasteiger partial charge in [-0.25, -0.2) is 4.98 Å². The summed E-state index contributed by atoms with van der Waals surface area (Å²) in [4.78, 5) is 17.6. The number of hydrogen-bond donors (Lipinski definition) is 1. The molecule has 0 amide bonds.